The second kappa shape index (κ2) is 4.76. The van der Waals surface area contributed by atoms with Crippen molar-refractivity contribution < 1.29 is 0 Å². The van der Waals surface area contributed by atoms with E-state index in [0.717, 1.165) is 17.0 Å². The van der Waals surface area contributed by atoms with Crippen LogP contribution in [0.25, 0.3) is 0 Å². The average molecular weight is 245 g/mol. The summed E-state index contributed by atoms with van der Waals surface area (Å²) in [5, 5.41) is 1.02. The number of halogens is 2. The van der Waals surface area contributed by atoms with Crippen LogP contribution in [0.15, 0.2) is 18.2 Å². The first-order chi connectivity index (χ1) is 6.83. The number of rotatable bonds is 3. The molecular weight excluding hydrogens is 227 g/mol. The minimum absolute atomic E-state index is 0.0819. The van der Waals surface area contributed by atoms with Gasteiger partial charge < -0.3 is 0 Å². The van der Waals surface area contributed by atoms with Crippen molar-refractivity contribution in [1.82, 2.24) is 0 Å². The van der Waals surface area contributed by atoms with Crippen LogP contribution in [-0.4, -0.2) is 5.38 Å². The molecule has 1 rings (SSSR count). The molecule has 0 amide bonds. The lowest BCUT2D eigenvalue weighted by Crippen LogP contribution is -2.20. The third-order valence-corrected chi connectivity index (χ3v) is 3.31. The molecule has 1 unspecified atom stereocenters. The van der Waals surface area contributed by atoms with E-state index in [0.29, 0.717) is 0 Å². The number of hydrogen-bond acceptors (Lipinski definition) is 0. The quantitative estimate of drug-likeness (QED) is 0.661. The Kier molecular flexibility index (Phi) is 4.08. The molecule has 0 saturated heterocycles. The maximum atomic E-state index is 6.12. The number of aryl methyl sites for hydroxylation is 1. The SMILES string of the molecule is Cc1ccc(C(C)(C)CC(C)Cl)cc1Cl. The summed E-state index contributed by atoms with van der Waals surface area (Å²) in [5.74, 6) is 0. The van der Waals surface area contributed by atoms with E-state index in [-0.39, 0.29) is 10.8 Å². The second-order valence-corrected chi connectivity index (χ2v) is 5.98. The minimum atomic E-state index is 0.0819. The van der Waals surface area contributed by atoms with Gasteiger partial charge in [-0.1, -0.05) is 37.6 Å². The first-order valence-electron chi connectivity index (χ1n) is 5.23. The molecule has 0 aliphatic carbocycles. The van der Waals surface area contributed by atoms with Gasteiger partial charge in [-0.3, -0.25) is 0 Å². The highest BCUT2D eigenvalue weighted by atomic mass is 35.5. The summed E-state index contributed by atoms with van der Waals surface area (Å²) in [7, 11) is 0. The molecule has 0 bridgehead atoms. The van der Waals surface area contributed by atoms with Gasteiger partial charge in [0.05, 0.1) is 0 Å². The van der Waals surface area contributed by atoms with Crippen LogP contribution in [0.2, 0.25) is 5.02 Å². The van der Waals surface area contributed by atoms with E-state index in [1.165, 1.54) is 5.56 Å². The van der Waals surface area contributed by atoms with Crippen LogP contribution < -0.4 is 0 Å². The van der Waals surface area contributed by atoms with Gasteiger partial charge in [-0.2, -0.15) is 0 Å². The predicted octanol–water partition coefficient (Wildman–Crippen LogP) is 4.94. The molecule has 0 aromatic heterocycles. The zero-order valence-corrected chi connectivity index (χ0v) is 11.3. The van der Waals surface area contributed by atoms with Gasteiger partial charge in [-0.05, 0) is 42.9 Å². The van der Waals surface area contributed by atoms with E-state index in [2.05, 4.69) is 32.0 Å². The van der Waals surface area contributed by atoms with Gasteiger partial charge in [0.25, 0.3) is 0 Å². The van der Waals surface area contributed by atoms with Crippen LogP contribution in [0.4, 0.5) is 0 Å². The lowest BCUT2D eigenvalue weighted by Gasteiger charge is -2.27. The summed E-state index contributed by atoms with van der Waals surface area (Å²) in [6.45, 7) is 8.45. The van der Waals surface area contributed by atoms with Crippen molar-refractivity contribution in [2.24, 2.45) is 0 Å². The fraction of sp³-hybridized carbons (Fsp3) is 0.538. The Morgan fingerprint density at radius 3 is 2.40 bits per heavy atom. The zero-order chi connectivity index (χ0) is 11.6. The topological polar surface area (TPSA) is 0 Å². The van der Waals surface area contributed by atoms with Crippen molar-refractivity contribution in [3.8, 4) is 0 Å². The third kappa shape index (κ3) is 3.39. The van der Waals surface area contributed by atoms with Gasteiger partial charge in [0, 0.05) is 10.4 Å². The Morgan fingerprint density at radius 2 is 1.93 bits per heavy atom. The monoisotopic (exact) mass is 244 g/mol. The fourth-order valence-electron chi connectivity index (χ4n) is 1.83. The van der Waals surface area contributed by atoms with E-state index in [1.54, 1.807) is 0 Å². The van der Waals surface area contributed by atoms with Gasteiger partial charge >= 0.3 is 0 Å². The molecule has 0 N–H and O–H groups in total. The minimum Gasteiger partial charge on any atom is -0.123 e. The van der Waals surface area contributed by atoms with Crippen LogP contribution in [0.1, 0.15) is 38.3 Å². The van der Waals surface area contributed by atoms with E-state index >= 15 is 0 Å². The van der Waals surface area contributed by atoms with Crippen LogP contribution in [-0.2, 0) is 5.41 Å². The van der Waals surface area contributed by atoms with Crippen molar-refractivity contribution in [3.05, 3.63) is 34.3 Å². The zero-order valence-electron chi connectivity index (χ0n) is 9.77. The van der Waals surface area contributed by atoms with Crippen LogP contribution in [0.5, 0.6) is 0 Å². The van der Waals surface area contributed by atoms with Gasteiger partial charge in [0.2, 0.25) is 0 Å². The van der Waals surface area contributed by atoms with Crippen molar-refractivity contribution >= 4 is 23.2 Å². The molecule has 0 aliphatic rings. The smallest absolute Gasteiger partial charge is 0.0438 e. The van der Waals surface area contributed by atoms with Crippen LogP contribution in [0.3, 0.4) is 0 Å². The van der Waals surface area contributed by atoms with Crippen LogP contribution >= 0.6 is 23.2 Å². The second-order valence-electron chi connectivity index (χ2n) is 4.83. The first kappa shape index (κ1) is 12.9. The fourth-order valence-corrected chi connectivity index (χ4v) is 2.40. The van der Waals surface area contributed by atoms with E-state index in [4.69, 9.17) is 23.2 Å². The summed E-state index contributed by atoms with van der Waals surface area (Å²) in [6, 6.07) is 6.26. The third-order valence-electron chi connectivity index (χ3n) is 2.74. The van der Waals surface area contributed by atoms with Crippen molar-refractivity contribution in [3.63, 3.8) is 0 Å². The molecule has 1 atom stereocenters. The standard InChI is InChI=1S/C13H18Cl2/c1-9-5-6-11(7-12(9)15)13(3,4)8-10(2)14/h5-7,10H,8H2,1-4H3. The molecule has 0 nitrogen and oxygen atoms in total. The Morgan fingerprint density at radius 1 is 1.33 bits per heavy atom. The maximum absolute atomic E-state index is 6.12. The van der Waals surface area contributed by atoms with Crippen molar-refractivity contribution in [2.45, 2.75) is 44.9 Å². The van der Waals surface area contributed by atoms with Gasteiger partial charge in [0.1, 0.15) is 0 Å². The highest BCUT2D eigenvalue weighted by Gasteiger charge is 2.22. The Bertz CT molecular complexity index is 340. The van der Waals surface area contributed by atoms with Gasteiger partial charge in [0.15, 0.2) is 0 Å². The normalized spacial score (nSPS) is 14.0. The van der Waals surface area contributed by atoms with Gasteiger partial charge in [-0.15, -0.1) is 11.6 Å². The molecule has 2 heteroatoms. The average Bonchev–Trinajstić information content (AvgIpc) is 2.07. The molecule has 0 fully saturated rings. The molecule has 84 valence electrons. The molecule has 1 aromatic rings. The van der Waals surface area contributed by atoms with Crippen LogP contribution in [0, 0.1) is 6.92 Å². The van der Waals surface area contributed by atoms with E-state index in [1.807, 2.05) is 13.8 Å². The largest absolute Gasteiger partial charge is 0.123 e. The highest BCUT2D eigenvalue weighted by Crippen LogP contribution is 2.32. The van der Waals surface area contributed by atoms with E-state index in [9.17, 15) is 0 Å². The number of benzene rings is 1. The van der Waals surface area contributed by atoms with Crippen molar-refractivity contribution in [2.75, 3.05) is 0 Å². The lowest BCUT2D eigenvalue weighted by atomic mass is 9.80. The summed E-state index contributed by atoms with van der Waals surface area (Å²) in [6.07, 6.45) is 0.952. The summed E-state index contributed by atoms with van der Waals surface area (Å²) >= 11 is 12.2. The predicted molar refractivity (Wildman–Crippen MR) is 69.1 cm³/mol. The summed E-state index contributed by atoms with van der Waals surface area (Å²) in [4.78, 5) is 0. The molecule has 0 heterocycles. The Balaban J connectivity index is 2.99. The molecule has 0 spiro atoms. The number of alkyl halides is 1. The highest BCUT2D eigenvalue weighted by molar-refractivity contribution is 6.31. The molecule has 0 radical (unpaired) electrons. The number of hydrogen-bond donors (Lipinski definition) is 0. The van der Waals surface area contributed by atoms with Gasteiger partial charge in [-0.25, -0.2) is 0 Å². The lowest BCUT2D eigenvalue weighted by molar-refractivity contribution is 0.477. The molecule has 1 aromatic carbocycles. The first-order valence-corrected chi connectivity index (χ1v) is 6.05. The Labute approximate surface area is 103 Å². The molecular formula is C13H18Cl2. The maximum Gasteiger partial charge on any atom is 0.0438 e. The van der Waals surface area contributed by atoms with E-state index < -0.39 is 0 Å². The Hall–Kier alpha value is -0.200. The summed E-state index contributed by atoms with van der Waals surface area (Å²) in [5.41, 5.74) is 2.46. The molecule has 0 saturated carbocycles. The summed E-state index contributed by atoms with van der Waals surface area (Å²) < 4.78 is 0. The molecule has 0 aliphatic heterocycles. The molecule has 15 heavy (non-hydrogen) atoms. The van der Waals surface area contributed by atoms with Crippen molar-refractivity contribution in [1.29, 1.82) is 0 Å².